The molecule has 3 rings (SSSR count). The first-order valence-electron chi connectivity index (χ1n) is 8.48. The molecule has 0 aliphatic carbocycles. The molecule has 1 N–H and O–H groups in total. The van der Waals surface area contributed by atoms with Gasteiger partial charge in [-0.1, -0.05) is 24.6 Å². The Morgan fingerprint density at radius 1 is 1.22 bits per heavy atom. The fourth-order valence-electron chi connectivity index (χ4n) is 2.53. The van der Waals surface area contributed by atoms with Gasteiger partial charge in [-0.15, -0.1) is 0 Å². The van der Waals surface area contributed by atoms with Gasteiger partial charge >= 0.3 is 6.03 Å². The Bertz CT molecular complexity index is 912. The van der Waals surface area contributed by atoms with Crippen LogP contribution in [0.5, 0.6) is 5.75 Å². The molecule has 0 unspecified atom stereocenters. The predicted octanol–water partition coefficient (Wildman–Crippen LogP) is 5.38. The summed E-state index contributed by atoms with van der Waals surface area (Å²) >= 11 is 9.35. The second-order valence-corrected chi connectivity index (χ2v) is 7.42. The molecule has 1 heterocycles. The summed E-state index contributed by atoms with van der Waals surface area (Å²) in [5.74, 6) is 0.314. The normalized spacial score (nSPS) is 16.6. The lowest BCUT2D eigenvalue weighted by Gasteiger charge is -2.14. The fraction of sp³-hybridized carbons (Fsp3) is 0.200. The molecule has 27 heavy (non-hydrogen) atoms. The smallest absolute Gasteiger partial charge is 0.333 e. The quantitative estimate of drug-likeness (QED) is 0.493. The van der Waals surface area contributed by atoms with E-state index in [1.165, 1.54) is 0 Å². The van der Waals surface area contributed by atoms with Gasteiger partial charge in [-0.2, -0.15) is 0 Å². The average Bonchev–Trinajstić information content (AvgIpc) is 2.91. The summed E-state index contributed by atoms with van der Waals surface area (Å²) in [6, 6.07) is 11.5. The lowest BCUT2D eigenvalue weighted by Crippen LogP contribution is -2.30. The van der Waals surface area contributed by atoms with E-state index in [1.807, 2.05) is 25.1 Å². The van der Waals surface area contributed by atoms with E-state index in [9.17, 15) is 9.59 Å². The maximum atomic E-state index is 12.6. The molecule has 1 fully saturated rings. The largest absolute Gasteiger partial charge is 0.490 e. The van der Waals surface area contributed by atoms with Crippen molar-refractivity contribution in [3.05, 3.63) is 63.2 Å². The van der Waals surface area contributed by atoms with Crippen molar-refractivity contribution in [2.75, 3.05) is 4.90 Å². The van der Waals surface area contributed by atoms with Crippen molar-refractivity contribution in [1.82, 2.24) is 5.32 Å². The fourth-order valence-corrected chi connectivity index (χ4v) is 3.14. The molecule has 1 atom stereocenters. The van der Waals surface area contributed by atoms with Gasteiger partial charge in [0.1, 0.15) is 11.4 Å². The summed E-state index contributed by atoms with van der Waals surface area (Å²) in [5, 5.41) is 3.14. The summed E-state index contributed by atoms with van der Waals surface area (Å²) in [5.41, 5.74) is 1.43. The number of hydrogen-bond acceptors (Lipinski definition) is 3. The molecule has 5 nitrogen and oxygen atoms in total. The van der Waals surface area contributed by atoms with Gasteiger partial charge in [-0.3, -0.25) is 4.79 Å². The third-order valence-electron chi connectivity index (χ3n) is 4.13. The maximum Gasteiger partial charge on any atom is 0.333 e. The van der Waals surface area contributed by atoms with E-state index in [2.05, 4.69) is 28.2 Å². The predicted molar refractivity (Wildman–Crippen MR) is 110 cm³/mol. The van der Waals surface area contributed by atoms with Gasteiger partial charge in [0.25, 0.3) is 5.91 Å². The topological polar surface area (TPSA) is 58.6 Å². The third-order valence-corrected chi connectivity index (χ3v) is 5.00. The molecule has 2 aromatic carbocycles. The number of hydrogen-bond donors (Lipinski definition) is 1. The molecule has 0 aromatic heterocycles. The van der Waals surface area contributed by atoms with Crippen molar-refractivity contribution in [3.63, 3.8) is 0 Å². The Morgan fingerprint density at radius 2 is 1.93 bits per heavy atom. The zero-order valence-electron chi connectivity index (χ0n) is 14.8. The number of nitrogens with one attached hydrogen (secondary N) is 1. The monoisotopic (exact) mass is 448 g/mol. The van der Waals surface area contributed by atoms with Crippen LogP contribution >= 0.6 is 27.5 Å². The average molecular weight is 450 g/mol. The number of carbonyl (C=O) groups is 2. The van der Waals surface area contributed by atoms with Crippen LogP contribution in [0.2, 0.25) is 5.02 Å². The van der Waals surface area contributed by atoms with Crippen LogP contribution in [0.15, 0.2) is 52.6 Å². The number of amides is 3. The van der Waals surface area contributed by atoms with E-state index < -0.39 is 11.9 Å². The van der Waals surface area contributed by atoms with Crippen LogP contribution in [0.3, 0.4) is 0 Å². The molecule has 0 bridgehead atoms. The first kappa shape index (κ1) is 19.5. The highest BCUT2D eigenvalue weighted by Gasteiger charge is 2.34. The number of anilines is 1. The molecule has 0 saturated carbocycles. The number of rotatable bonds is 5. The minimum atomic E-state index is -0.496. The molecule has 140 valence electrons. The van der Waals surface area contributed by atoms with Crippen LogP contribution in [0.25, 0.3) is 6.08 Å². The van der Waals surface area contributed by atoms with E-state index in [0.717, 1.165) is 27.1 Å². The maximum absolute atomic E-state index is 12.6. The minimum Gasteiger partial charge on any atom is -0.490 e. The second-order valence-electron chi connectivity index (χ2n) is 6.13. The van der Waals surface area contributed by atoms with E-state index in [1.54, 1.807) is 30.3 Å². The lowest BCUT2D eigenvalue weighted by atomic mass is 10.1. The number of imide groups is 1. The molecule has 1 aliphatic heterocycles. The first-order valence-corrected chi connectivity index (χ1v) is 9.65. The summed E-state index contributed by atoms with van der Waals surface area (Å²) in [6.45, 7) is 4.05. The van der Waals surface area contributed by atoms with Gasteiger partial charge in [-0.25, -0.2) is 9.69 Å². The standard InChI is InChI=1S/C20H18BrClN2O3/c1-3-12(2)27-18-9-4-13(10-16(18)21)11-17-19(25)24(20(26)23-17)15-7-5-14(22)6-8-15/h4-12H,3H2,1-2H3,(H,23,26)/b17-11+/t12-/m1/s1. The van der Waals surface area contributed by atoms with E-state index in [0.29, 0.717) is 10.7 Å². The Labute approximate surface area is 171 Å². The second kappa shape index (κ2) is 8.15. The van der Waals surface area contributed by atoms with Crippen molar-refractivity contribution in [2.24, 2.45) is 0 Å². The Balaban J connectivity index is 1.83. The molecule has 0 radical (unpaired) electrons. The van der Waals surface area contributed by atoms with Gasteiger partial charge in [0.15, 0.2) is 0 Å². The van der Waals surface area contributed by atoms with Gasteiger partial charge in [0.2, 0.25) is 0 Å². The van der Waals surface area contributed by atoms with Crippen LogP contribution in [-0.4, -0.2) is 18.0 Å². The molecule has 1 saturated heterocycles. The van der Waals surface area contributed by atoms with Gasteiger partial charge < -0.3 is 10.1 Å². The zero-order valence-corrected chi connectivity index (χ0v) is 17.2. The number of urea groups is 1. The number of ether oxygens (including phenoxy) is 1. The van der Waals surface area contributed by atoms with E-state index >= 15 is 0 Å². The Morgan fingerprint density at radius 3 is 2.56 bits per heavy atom. The Kier molecular flexibility index (Phi) is 5.87. The molecule has 3 amide bonds. The zero-order chi connectivity index (χ0) is 19.6. The SMILES string of the molecule is CC[C@@H](C)Oc1ccc(/C=C2/NC(=O)N(c3ccc(Cl)cc3)C2=O)cc1Br. The van der Waals surface area contributed by atoms with Crippen LogP contribution in [0, 0.1) is 0 Å². The van der Waals surface area contributed by atoms with E-state index in [-0.39, 0.29) is 11.8 Å². The molecular formula is C20H18BrClN2O3. The van der Waals surface area contributed by atoms with Crippen molar-refractivity contribution >= 4 is 51.2 Å². The van der Waals surface area contributed by atoms with Crippen molar-refractivity contribution < 1.29 is 14.3 Å². The summed E-state index contributed by atoms with van der Waals surface area (Å²) < 4.78 is 6.60. The molecule has 2 aromatic rings. The summed E-state index contributed by atoms with van der Waals surface area (Å²) in [6.07, 6.45) is 2.64. The van der Waals surface area contributed by atoms with Crippen LogP contribution in [0.1, 0.15) is 25.8 Å². The minimum absolute atomic E-state index is 0.106. The van der Waals surface area contributed by atoms with Crippen molar-refractivity contribution in [1.29, 1.82) is 0 Å². The van der Waals surface area contributed by atoms with Crippen LogP contribution < -0.4 is 15.0 Å². The first-order chi connectivity index (χ1) is 12.9. The number of carbonyl (C=O) groups excluding carboxylic acids is 2. The summed E-state index contributed by atoms with van der Waals surface area (Å²) in [7, 11) is 0. The molecule has 1 aliphatic rings. The lowest BCUT2D eigenvalue weighted by molar-refractivity contribution is -0.113. The number of halogens is 2. The molecular weight excluding hydrogens is 432 g/mol. The highest BCUT2D eigenvalue weighted by atomic mass is 79.9. The highest BCUT2D eigenvalue weighted by Crippen LogP contribution is 2.29. The number of nitrogens with zero attached hydrogens (tertiary/aromatic N) is 1. The van der Waals surface area contributed by atoms with Crippen molar-refractivity contribution in [2.45, 2.75) is 26.4 Å². The van der Waals surface area contributed by atoms with Gasteiger partial charge in [0, 0.05) is 5.02 Å². The third kappa shape index (κ3) is 4.34. The molecule has 0 spiro atoms. The van der Waals surface area contributed by atoms with Gasteiger partial charge in [0.05, 0.1) is 16.3 Å². The Hall–Kier alpha value is -2.31. The summed E-state index contributed by atoms with van der Waals surface area (Å²) in [4.78, 5) is 26.0. The highest BCUT2D eigenvalue weighted by molar-refractivity contribution is 9.10. The van der Waals surface area contributed by atoms with E-state index in [4.69, 9.17) is 16.3 Å². The van der Waals surface area contributed by atoms with Crippen LogP contribution in [0.4, 0.5) is 10.5 Å². The van der Waals surface area contributed by atoms with Crippen molar-refractivity contribution in [3.8, 4) is 5.75 Å². The number of benzene rings is 2. The van der Waals surface area contributed by atoms with Gasteiger partial charge in [-0.05, 0) is 77.3 Å². The van der Waals surface area contributed by atoms with Crippen LogP contribution in [-0.2, 0) is 4.79 Å². The molecule has 7 heteroatoms.